The minimum absolute atomic E-state index is 0.102. The average Bonchev–Trinajstić information content (AvgIpc) is 4.56. The molecule has 6 aromatic rings. The van der Waals surface area contributed by atoms with Gasteiger partial charge in [0.25, 0.3) is 0 Å². The van der Waals surface area contributed by atoms with E-state index in [1.807, 2.05) is 0 Å². The molecule has 4 aliphatic heterocycles. The van der Waals surface area contributed by atoms with Crippen LogP contribution in [0.5, 0.6) is 0 Å². The van der Waals surface area contributed by atoms with E-state index in [1.165, 1.54) is 150 Å². The quantitative estimate of drug-likeness (QED) is 0.0820. The molecule has 418 valence electrons. The Morgan fingerprint density at radius 2 is 0.716 bits per heavy atom. The molecule has 1 atom stereocenters. The summed E-state index contributed by atoms with van der Waals surface area (Å²) in [5, 5.41) is 0. The van der Waals surface area contributed by atoms with Gasteiger partial charge in [-0.05, 0) is 222 Å². The Kier molecular flexibility index (Phi) is 14.6. The van der Waals surface area contributed by atoms with E-state index in [9.17, 15) is 0 Å². The standard InChI is InChI=1S/C73H86N8/c1-15-40-44(19-5)60-34-64-48(23-9)50(25-11)70(78-64)54-30-38(68-52(27-13)66(80-72(54)68)36-62-46(21-7)42(17-3)58(76-62)32-56(40)74-60)29-39-31-55-71-51(26-12)49(24-10)65(79-71)35-61-45(20-6)41(16-2)57(75-61)33-59-43(18-4)47(22-8)63(77-59)37-67-53(28-14)69(39)73(55)81-67/h29,32-38,74-75,77-78H,15-28,30-31H2,1-14H3/b39-29+,56-32?,57-33?,58-32?,59-33?,60-34?,61-35?,62-36?,63-37?,64-34?,65-35?,66-36?,67-37?,70-54?,71-55?. The minimum Gasteiger partial charge on any atom is -0.355 e. The molecule has 6 aliphatic rings. The summed E-state index contributed by atoms with van der Waals surface area (Å²) in [4.78, 5) is 39.2. The van der Waals surface area contributed by atoms with Gasteiger partial charge in [-0.2, -0.15) is 0 Å². The van der Waals surface area contributed by atoms with Crippen LogP contribution in [0.2, 0.25) is 0 Å². The van der Waals surface area contributed by atoms with Crippen molar-refractivity contribution in [1.29, 1.82) is 0 Å². The molecular weight excluding hydrogens is 989 g/mol. The SMILES string of the molecule is CCC1=C(CC)c2cc3[nH]c(cc4[nH]c(c5c6nc(cc1n2)C(CC)=C6C(/C=C1\Cc2c6nc(cc7[nH]c(cc8[nH]c(cc9nc2C1=C9CC)c(CC)c8CC)c(CC)c7CC)C(CC)=C6CC)C5)c(CC)c4CC)c(CC)c3CC. The van der Waals surface area contributed by atoms with Crippen molar-refractivity contribution < 1.29 is 0 Å². The van der Waals surface area contributed by atoms with Gasteiger partial charge >= 0.3 is 0 Å². The van der Waals surface area contributed by atoms with Gasteiger partial charge in [0, 0.05) is 73.2 Å². The van der Waals surface area contributed by atoms with Gasteiger partial charge in [-0.1, -0.05) is 103 Å². The lowest BCUT2D eigenvalue weighted by atomic mass is 9.90. The number of fused-ring (bicyclic) bond motifs is 16. The smallest absolute Gasteiger partial charge is 0.0772 e. The van der Waals surface area contributed by atoms with Crippen LogP contribution in [0.4, 0.5) is 0 Å². The third kappa shape index (κ3) is 8.41. The fourth-order valence-corrected chi connectivity index (χ4v) is 15.9. The van der Waals surface area contributed by atoms with Crippen molar-refractivity contribution in [2.24, 2.45) is 5.92 Å². The summed E-state index contributed by atoms with van der Waals surface area (Å²) in [6.45, 7) is 32.4. The molecule has 0 spiro atoms. The van der Waals surface area contributed by atoms with Crippen LogP contribution in [0.15, 0.2) is 48.0 Å². The molecule has 0 saturated heterocycles. The zero-order valence-electron chi connectivity index (χ0n) is 51.2. The number of hydrogen-bond donors (Lipinski definition) is 4. The maximum Gasteiger partial charge on any atom is 0.0772 e. The molecule has 6 aromatic heterocycles. The summed E-state index contributed by atoms with van der Waals surface area (Å²) < 4.78 is 0. The average molecular weight is 1080 g/mol. The van der Waals surface area contributed by atoms with Crippen LogP contribution in [-0.4, -0.2) is 39.9 Å². The van der Waals surface area contributed by atoms with Gasteiger partial charge in [0.05, 0.1) is 45.6 Å². The normalized spacial score (nSPS) is 16.3. The number of H-pyrrole nitrogens is 4. The molecule has 8 heteroatoms. The van der Waals surface area contributed by atoms with Crippen molar-refractivity contribution >= 4 is 88.7 Å². The lowest BCUT2D eigenvalue weighted by Crippen LogP contribution is -2.00. The summed E-state index contributed by atoms with van der Waals surface area (Å²) in [6, 6.07) is 14.3. The largest absolute Gasteiger partial charge is 0.355 e. The van der Waals surface area contributed by atoms with Crippen molar-refractivity contribution in [2.45, 2.75) is 200 Å². The van der Waals surface area contributed by atoms with Crippen molar-refractivity contribution in [3.8, 4) is 0 Å². The molecular formula is C73H86N8. The topological polar surface area (TPSA) is 115 Å². The summed E-state index contributed by atoms with van der Waals surface area (Å²) >= 11 is 0. The van der Waals surface area contributed by atoms with Crippen LogP contribution in [-0.2, 0) is 64.2 Å². The molecule has 0 fully saturated rings. The predicted octanol–water partition coefficient (Wildman–Crippen LogP) is 18.9. The number of aryl methyl sites for hydroxylation is 8. The highest BCUT2D eigenvalue weighted by Crippen LogP contribution is 2.53. The molecule has 0 amide bonds. The third-order valence-corrected chi connectivity index (χ3v) is 19.4. The number of nitrogens with zero attached hydrogens (tertiary/aromatic N) is 4. The van der Waals surface area contributed by atoms with Crippen molar-refractivity contribution in [3.05, 3.63) is 149 Å². The van der Waals surface area contributed by atoms with E-state index in [4.69, 9.17) is 19.9 Å². The van der Waals surface area contributed by atoms with Crippen LogP contribution in [0, 0.1) is 5.92 Å². The fraction of sp³-hybridized carbons (Fsp3) is 0.425. The van der Waals surface area contributed by atoms with Crippen LogP contribution in [0.3, 0.4) is 0 Å². The zero-order chi connectivity index (χ0) is 56.7. The molecule has 10 heterocycles. The van der Waals surface area contributed by atoms with E-state index in [-0.39, 0.29) is 5.92 Å². The van der Waals surface area contributed by atoms with Gasteiger partial charge in [0.2, 0.25) is 0 Å². The molecule has 0 radical (unpaired) electrons. The van der Waals surface area contributed by atoms with Gasteiger partial charge in [-0.3, -0.25) is 0 Å². The summed E-state index contributed by atoms with van der Waals surface area (Å²) in [5.41, 5.74) is 44.3. The van der Waals surface area contributed by atoms with E-state index in [0.29, 0.717) is 0 Å². The second-order valence-electron chi connectivity index (χ2n) is 23.1. The Bertz CT molecular complexity index is 4160. The number of nitrogens with one attached hydrogen (secondary N) is 4. The molecule has 2 aliphatic carbocycles. The second-order valence-corrected chi connectivity index (χ2v) is 23.1. The maximum atomic E-state index is 5.85. The maximum absolute atomic E-state index is 5.85. The summed E-state index contributed by atoms with van der Waals surface area (Å²) in [7, 11) is 0. The van der Waals surface area contributed by atoms with Crippen molar-refractivity contribution in [2.75, 3.05) is 0 Å². The molecule has 8 nitrogen and oxygen atoms in total. The Balaban J connectivity index is 1.16. The van der Waals surface area contributed by atoms with Gasteiger partial charge in [0.1, 0.15) is 0 Å². The van der Waals surface area contributed by atoms with Gasteiger partial charge < -0.3 is 19.9 Å². The van der Waals surface area contributed by atoms with Crippen LogP contribution >= 0.6 is 0 Å². The van der Waals surface area contributed by atoms with Crippen LogP contribution in [0.1, 0.15) is 237 Å². The molecule has 12 rings (SSSR count). The number of allylic oxidation sites excluding steroid dienone is 10. The highest BCUT2D eigenvalue weighted by molar-refractivity contribution is 6.06. The highest BCUT2D eigenvalue weighted by atomic mass is 14.8. The first-order valence-corrected chi connectivity index (χ1v) is 31.7. The van der Waals surface area contributed by atoms with E-state index < -0.39 is 0 Å². The first kappa shape index (κ1) is 54.5. The third-order valence-electron chi connectivity index (χ3n) is 19.4. The highest BCUT2D eigenvalue weighted by Gasteiger charge is 2.39. The molecule has 16 bridgehead atoms. The fourth-order valence-electron chi connectivity index (χ4n) is 15.9. The molecule has 81 heavy (non-hydrogen) atoms. The van der Waals surface area contributed by atoms with E-state index >= 15 is 0 Å². The zero-order valence-corrected chi connectivity index (χ0v) is 51.2. The first-order valence-electron chi connectivity index (χ1n) is 31.7. The van der Waals surface area contributed by atoms with E-state index in [1.54, 1.807) is 0 Å². The molecule has 0 saturated carbocycles. The molecule has 0 aromatic carbocycles. The first-order chi connectivity index (χ1) is 39.5. The van der Waals surface area contributed by atoms with Crippen molar-refractivity contribution in [3.63, 3.8) is 0 Å². The van der Waals surface area contributed by atoms with E-state index in [2.05, 4.69) is 159 Å². The van der Waals surface area contributed by atoms with Gasteiger partial charge in [-0.25, -0.2) is 19.9 Å². The van der Waals surface area contributed by atoms with E-state index in [0.717, 1.165) is 148 Å². The Morgan fingerprint density at radius 1 is 0.346 bits per heavy atom. The number of aromatic nitrogens is 8. The predicted molar refractivity (Wildman–Crippen MR) is 345 cm³/mol. The summed E-state index contributed by atoms with van der Waals surface area (Å²) in [5.74, 6) is 0.102. The van der Waals surface area contributed by atoms with Gasteiger partial charge in [-0.15, -0.1) is 0 Å². The summed E-state index contributed by atoms with van der Waals surface area (Å²) in [6.07, 6.45) is 17.4. The van der Waals surface area contributed by atoms with Crippen LogP contribution < -0.4 is 0 Å². The monoisotopic (exact) mass is 1070 g/mol. The van der Waals surface area contributed by atoms with Crippen LogP contribution in [0.25, 0.3) is 88.7 Å². The number of aromatic amines is 4. The lowest BCUT2D eigenvalue weighted by Gasteiger charge is -2.13. The Morgan fingerprint density at radius 3 is 1.19 bits per heavy atom. The number of rotatable bonds is 15. The second kappa shape index (κ2) is 21.7. The van der Waals surface area contributed by atoms with Crippen molar-refractivity contribution in [1.82, 2.24) is 39.9 Å². The molecule has 1 unspecified atom stereocenters. The van der Waals surface area contributed by atoms with Gasteiger partial charge in [0.15, 0.2) is 0 Å². The Hall–Kier alpha value is -7.06. The number of hydrogen-bond acceptors (Lipinski definition) is 4. The molecule has 4 N–H and O–H groups in total. The Labute approximate surface area is 481 Å². The minimum atomic E-state index is 0.102. The lowest BCUT2D eigenvalue weighted by molar-refractivity contribution is 0.861.